The summed E-state index contributed by atoms with van der Waals surface area (Å²) in [4.78, 5) is 19.4. The molecule has 4 nitrogen and oxygen atoms in total. The van der Waals surface area contributed by atoms with Crippen molar-refractivity contribution in [3.8, 4) is 0 Å². The van der Waals surface area contributed by atoms with E-state index in [0.29, 0.717) is 5.70 Å². The van der Waals surface area contributed by atoms with Crippen LogP contribution in [0.25, 0.3) is 16.3 Å². The Labute approximate surface area is 95.3 Å². The largest absolute Gasteiger partial charge is 0.311 e. The number of fused-ring (bicyclic) bond motifs is 1. The van der Waals surface area contributed by atoms with Crippen LogP contribution >= 0.6 is 11.3 Å². The van der Waals surface area contributed by atoms with Gasteiger partial charge in [-0.15, -0.1) is 11.3 Å². The number of thiazole rings is 1. The Balaban J connectivity index is 2.06. The fraction of sp³-hybridized carbons (Fsp3) is 0. The number of hydrogen-bond acceptors (Lipinski definition) is 4. The first-order chi connectivity index (χ1) is 7.83. The average Bonchev–Trinajstić information content (AvgIpc) is 2.88. The lowest BCUT2D eigenvalue weighted by Crippen LogP contribution is -2.14. The summed E-state index contributed by atoms with van der Waals surface area (Å²) in [5.74, 6) is -0.163. The van der Waals surface area contributed by atoms with Crippen molar-refractivity contribution < 1.29 is 4.79 Å². The number of carbonyl (C=O) groups excluding carboxylic acids is 1. The van der Waals surface area contributed by atoms with E-state index in [4.69, 9.17) is 0 Å². The topological polar surface area (TPSA) is 54.4 Å². The van der Waals surface area contributed by atoms with E-state index in [2.05, 4.69) is 15.3 Å². The monoisotopic (exact) mass is 229 g/mol. The molecule has 1 N–H and O–H groups in total. The van der Waals surface area contributed by atoms with Gasteiger partial charge in [0.2, 0.25) is 0 Å². The molecular weight excluding hydrogens is 222 g/mol. The molecule has 5 heteroatoms. The van der Waals surface area contributed by atoms with Crippen LogP contribution in [0.2, 0.25) is 0 Å². The maximum Gasteiger partial charge on any atom is 0.275 e. The van der Waals surface area contributed by atoms with Gasteiger partial charge in [0.05, 0.1) is 22.1 Å². The van der Waals surface area contributed by atoms with E-state index in [9.17, 15) is 4.79 Å². The number of carbonyl (C=O) groups is 1. The van der Waals surface area contributed by atoms with Gasteiger partial charge in [-0.25, -0.2) is 9.98 Å². The van der Waals surface area contributed by atoms with Gasteiger partial charge in [0, 0.05) is 0 Å². The minimum atomic E-state index is -0.163. The first-order valence-corrected chi connectivity index (χ1v) is 5.59. The molecule has 1 aliphatic rings. The Bertz CT molecular complexity index is 627. The minimum absolute atomic E-state index is 0.163. The fourth-order valence-electron chi connectivity index (χ4n) is 1.52. The average molecular weight is 229 g/mol. The molecule has 0 unspecified atom stereocenters. The van der Waals surface area contributed by atoms with Crippen molar-refractivity contribution in [2.24, 2.45) is 4.99 Å². The second kappa shape index (κ2) is 3.53. The second-order valence-corrected chi connectivity index (χ2v) is 4.23. The van der Waals surface area contributed by atoms with Crippen LogP contribution in [0.1, 0.15) is 5.56 Å². The SMILES string of the molecule is O=C1NC=N/C1=C\c1ccc2ncsc2c1. The van der Waals surface area contributed by atoms with Crippen LogP contribution < -0.4 is 5.32 Å². The highest BCUT2D eigenvalue weighted by atomic mass is 32.1. The van der Waals surface area contributed by atoms with Gasteiger partial charge >= 0.3 is 0 Å². The molecule has 0 aliphatic carbocycles. The molecule has 1 aromatic carbocycles. The first-order valence-electron chi connectivity index (χ1n) is 4.71. The van der Waals surface area contributed by atoms with Crippen molar-refractivity contribution in [1.29, 1.82) is 0 Å². The molecule has 1 amide bonds. The van der Waals surface area contributed by atoms with Gasteiger partial charge in [-0.3, -0.25) is 4.79 Å². The van der Waals surface area contributed by atoms with Gasteiger partial charge in [0.15, 0.2) is 0 Å². The first kappa shape index (κ1) is 9.23. The molecule has 0 atom stereocenters. The normalized spacial score (nSPS) is 17.2. The Kier molecular flexibility index (Phi) is 2.04. The van der Waals surface area contributed by atoms with Crippen LogP contribution in [0.5, 0.6) is 0 Å². The summed E-state index contributed by atoms with van der Waals surface area (Å²) >= 11 is 1.58. The maximum atomic E-state index is 11.3. The summed E-state index contributed by atoms with van der Waals surface area (Å²) in [5, 5.41) is 2.51. The van der Waals surface area contributed by atoms with Gasteiger partial charge < -0.3 is 5.32 Å². The van der Waals surface area contributed by atoms with Gasteiger partial charge in [0.25, 0.3) is 5.91 Å². The zero-order valence-corrected chi connectivity index (χ0v) is 8.99. The van der Waals surface area contributed by atoms with Crippen molar-refractivity contribution in [2.45, 2.75) is 0 Å². The van der Waals surface area contributed by atoms with Gasteiger partial charge in [-0.1, -0.05) is 6.07 Å². The lowest BCUT2D eigenvalue weighted by Gasteiger charge is -1.94. The zero-order valence-electron chi connectivity index (χ0n) is 8.18. The fourth-order valence-corrected chi connectivity index (χ4v) is 2.24. The van der Waals surface area contributed by atoms with Crippen LogP contribution in [-0.4, -0.2) is 17.2 Å². The molecule has 3 rings (SSSR count). The Morgan fingerprint density at radius 3 is 3.12 bits per heavy atom. The maximum absolute atomic E-state index is 11.3. The van der Waals surface area contributed by atoms with Crippen LogP contribution in [0.4, 0.5) is 0 Å². The highest BCUT2D eigenvalue weighted by molar-refractivity contribution is 7.16. The summed E-state index contributed by atoms with van der Waals surface area (Å²) in [6, 6.07) is 5.87. The molecule has 0 saturated carbocycles. The number of rotatable bonds is 1. The smallest absolute Gasteiger partial charge is 0.275 e. The Morgan fingerprint density at radius 1 is 1.38 bits per heavy atom. The van der Waals surface area contributed by atoms with E-state index in [1.807, 2.05) is 23.7 Å². The van der Waals surface area contributed by atoms with Crippen LogP contribution in [-0.2, 0) is 4.79 Å². The van der Waals surface area contributed by atoms with E-state index in [0.717, 1.165) is 15.8 Å². The van der Waals surface area contributed by atoms with Crippen molar-refractivity contribution >= 4 is 39.9 Å². The van der Waals surface area contributed by atoms with Crippen molar-refractivity contribution in [3.05, 3.63) is 35.0 Å². The van der Waals surface area contributed by atoms with Crippen molar-refractivity contribution in [2.75, 3.05) is 0 Å². The molecule has 16 heavy (non-hydrogen) atoms. The quantitative estimate of drug-likeness (QED) is 0.758. The Hall–Kier alpha value is -2.01. The second-order valence-electron chi connectivity index (χ2n) is 3.34. The molecule has 0 fully saturated rings. The molecule has 1 aromatic heterocycles. The van der Waals surface area contributed by atoms with E-state index in [1.54, 1.807) is 17.4 Å². The minimum Gasteiger partial charge on any atom is -0.311 e. The Morgan fingerprint density at radius 2 is 2.31 bits per heavy atom. The molecule has 0 saturated heterocycles. The van der Waals surface area contributed by atoms with Crippen LogP contribution in [0.3, 0.4) is 0 Å². The third kappa shape index (κ3) is 1.51. The molecule has 0 radical (unpaired) electrons. The molecule has 2 aromatic rings. The third-order valence-corrected chi connectivity index (χ3v) is 3.08. The molecule has 1 aliphatic heterocycles. The van der Waals surface area contributed by atoms with Gasteiger partial charge in [-0.2, -0.15) is 0 Å². The summed E-state index contributed by atoms with van der Waals surface area (Å²) < 4.78 is 1.11. The molecular formula is C11H7N3OS. The highest BCUT2D eigenvalue weighted by Crippen LogP contribution is 2.21. The predicted molar refractivity (Wildman–Crippen MR) is 64.2 cm³/mol. The van der Waals surface area contributed by atoms with Crippen LogP contribution in [0, 0.1) is 0 Å². The third-order valence-electron chi connectivity index (χ3n) is 2.29. The molecule has 2 heterocycles. The lowest BCUT2D eigenvalue weighted by atomic mass is 10.2. The molecule has 0 spiro atoms. The summed E-state index contributed by atoms with van der Waals surface area (Å²) in [6.07, 6.45) is 3.16. The van der Waals surface area contributed by atoms with Gasteiger partial charge in [0.1, 0.15) is 5.70 Å². The number of nitrogens with one attached hydrogen (secondary N) is 1. The van der Waals surface area contributed by atoms with E-state index >= 15 is 0 Å². The molecule has 0 bridgehead atoms. The number of amides is 1. The number of hydrogen-bond donors (Lipinski definition) is 1. The number of nitrogens with zero attached hydrogens (tertiary/aromatic N) is 2. The highest BCUT2D eigenvalue weighted by Gasteiger charge is 2.11. The predicted octanol–water partition coefficient (Wildman–Crippen LogP) is 1.80. The number of aromatic nitrogens is 1. The van der Waals surface area contributed by atoms with Crippen molar-refractivity contribution in [1.82, 2.24) is 10.3 Å². The van der Waals surface area contributed by atoms with E-state index in [-0.39, 0.29) is 5.91 Å². The summed E-state index contributed by atoms with van der Waals surface area (Å²) in [7, 11) is 0. The standard InChI is InChI=1S/C11H7N3OS/c15-11-9(12-5-13-11)3-7-1-2-8-10(4-7)16-6-14-8/h1-6H,(H,12,13,15)/b9-3-. The van der Waals surface area contributed by atoms with Crippen molar-refractivity contribution in [3.63, 3.8) is 0 Å². The summed E-state index contributed by atoms with van der Waals surface area (Å²) in [5.41, 5.74) is 4.18. The van der Waals surface area contributed by atoms with Crippen LogP contribution in [0.15, 0.2) is 34.4 Å². The number of benzene rings is 1. The van der Waals surface area contributed by atoms with E-state index < -0.39 is 0 Å². The zero-order chi connectivity index (χ0) is 11.0. The summed E-state index contributed by atoms with van der Waals surface area (Å²) in [6.45, 7) is 0. The molecule has 78 valence electrons. The van der Waals surface area contributed by atoms with E-state index in [1.165, 1.54) is 6.34 Å². The lowest BCUT2D eigenvalue weighted by molar-refractivity contribution is -0.115. The van der Waals surface area contributed by atoms with Gasteiger partial charge in [-0.05, 0) is 23.8 Å². The number of aliphatic imine (C=N–C) groups is 1.